The van der Waals surface area contributed by atoms with Crippen molar-refractivity contribution in [1.82, 2.24) is 4.72 Å². The van der Waals surface area contributed by atoms with Crippen LogP contribution in [0.1, 0.15) is 31.4 Å². The van der Waals surface area contributed by atoms with Gasteiger partial charge in [0.05, 0.1) is 17.5 Å². The van der Waals surface area contributed by atoms with Crippen molar-refractivity contribution < 1.29 is 23.1 Å². The average molecular weight is 327 g/mol. The van der Waals surface area contributed by atoms with Gasteiger partial charge in [-0.25, -0.2) is 17.9 Å². The Morgan fingerprint density at radius 1 is 1.32 bits per heavy atom. The van der Waals surface area contributed by atoms with E-state index >= 15 is 0 Å². The number of rotatable bonds is 5. The molecule has 1 aliphatic carbocycles. The number of aryl methyl sites for hydroxylation is 2. The summed E-state index contributed by atoms with van der Waals surface area (Å²) >= 11 is 0. The van der Waals surface area contributed by atoms with Crippen LogP contribution in [0.5, 0.6) is 0 Å². The molecule has 0 saturated carbocycles. The monoisotopic (exact) mass is 327 g/mol. The van der Waals surface area contributed by atoms with Gasteiger partial charge in [0.25, 0.3) is 0 Å². The minimum absolute atomic E-state index is 0.137. The van der Waals surface area contributed by atoms with Crippen molar-refractivity contribution in [2.24, 2.45) is 0 Å². The number of hydrogen-bond donors (Lipinski definition) is 2. The number of fused-ring (bicyclic) bond motifs is 1. The first kappa shape index (κ1) is 16.9. The molecule has 122 valence electrons. The molecular weight excluding hydrogens is 306 g/mol. The Bertz CT molecular complexity index is 681. The predicted octanol–water partition coefficient (Wildman–Crippen LogP) is 0.766. The predicted molar refractivity (Wildman–Crippen MR) is 80.9 cm³/mol. The SMILES string of the molecule is COC(=O)[C@@H](O)C(C)(C)NS(=O)(=O)c1ccc2c(c1)CCC2. The standard InChI is InChI=1S/C15H21NO5S/c1-15(2,13(17)14(18)21-3)16-22(19,20)12-8-7-10-5-4-6-11(10)9-12/h7-9,13,16-17H,4-6H2,1-3H3/t13-/m1/s1. The largest absolute Gasteiger partial charge is 0.467 e. The van der Waals surface area contributed by atoms with Crippen LogP contribution in [-0.4, -0.2) is 38.2 Å². The van der Waals surface area contributed by atoms with Crippen molar-refractivity contribution in [2.75, 3.05) is 7.11 Å². The number of esters is 1. The van der Waals surface area contributed by atoms with E-state index in [1.807, 2.05) is 6.07 Å². The molecule has 0 bridgehead atoms. The first-order valence-electron chi connectivity index (χ1n) is 7.09. The van der Waals surface area contributed by atoms with Crippen molar-refractivity contribution >= 4 is 16.0 Å². The number of ether oxygens (including phenoxy) is 1. The fourth-order valence-electron chi connectivity index (χ4n) is 2.58. The van der Waals surface area contributed by atoms with Gasteiger partial charge in [0.15, 0.2) is 6.10 Å². The van der Waals surface area contributed by atoms with Crippen molar-refractivity contribution in [2.45, 2.75) is 49.6 Å². The lowest BCUT2D eigenvalue weighted by Gasteiger charge is -2.29. The molecule has 1 aromatic rings. The van der Waals surface area contributed by atoms with Crippen LogP contribution in [0, 0.1) is 0 Å². The van der Waals surface area contributed by atoms with Crippen molar-refractivity contribution in [3.05, 3.63) is 29.3 Å². The fraction of sp³-hybridized carbons (Fsp3) is 0.533. The van der Waals surface area contributed by atoms with E-state index in [9.17, 15) is 18.3 Å². The van der Waals surface area contributed by atoms with E-state index in [-0.39, 0.29) is 4.90 Å². The Balaban J connectivity index is 2.25. The second kappa shape index (κ2) is 5.98. The molecule has 6 nitrogen and oxygen atoms in total. The van der Waals surface area contributed by atoms with Crippen molar-refractivity contribution in [1.29, 1.82) is 0 Å². The lowest BCUT2D eigenvalue weighted by atomic mass is 9.99. The number of aliphatic hydroxyl groups is 1. The molecule has 22 heavy (non-hydrogen) atoms. The third-order valence-electron chi connectivity index (χ3n) is 3.89. The molecule has 0 unspecified atom stereocenters. The van der Waals surface area contributed by atoms with Gasteiger partial charge in [0.1, 0.15) is 0 Å². The van der Waals surface area contributed by atoms with Crippen LogP contribution in [0.15, 0.2) is 23.1 Å². The molecule has 0 radical (unpaired) electrons. The van der Waals surface area contributed by atoms with Gasteiger partial charge in [0.2, 0.25) is 10.0 Å². The molecule has 0 spiro atoms. The summed E-state index contributed by atoms with van der Waals surface area (Å²) in [5.41, 5.74) is 0.826. The van der Waals surface area contributed by atoms with Crippen LogP contribution >= 0.6 is 0 Å². The van der Waals surface area contributed by atoms with Gasteiger partial charge in [-0.2, -0.15) is 0 Å². The summed E-state index contributed by atoms with van der Waals surface area (Å²) in [6.07, 6.45) is 1.27. The molecule has 2 rings (SSSR count). The zero-order chi connectivity index (χ0) is 16.5. The maximum Gasteiger partial charge on any atom is 0.336 e. The molecule has 2 N–H and O–H groups in total. The molecule has 0 aromatic heterocycles. The van der Waals surface area contributed by atoms with E-state index in [4.69, 9.17) is 0 Å². The zero-order valence-corrected chi connectivity index (χ0v) is 13.7. The van der Waals surface area contributed by atoms with E-state index in [1.165, 1.54) is 19.4 Å². The van der Waals surface area contributed by atoms with Crippen LogP contribution in [0.3, 0.4) is 0 Å². The Labute approximate surface area is 130 Å². The molecule has 0 aliphatic heterocycles. The van der Waals surface area contributed by atoms with Gasteiger partial charge in [-0.3, -0.25) is 0 Å². The topological polar surface area (TPSA) is 92.7 Å². The molecule has 1 atom stereocenters. The first-order chi connectivity index (χ1) is 10.2. The molecule has 1 aromatic carbocycles. The Hall–Kier alpha value is -1.44. The van der Waals surface area contributed by atoms with Gasteiger partial charge in [-0.1, -0.05) is 6.07 Å². The highest BCUT2D eigenvalue weighted by Crippen LogP contribution is 2.25. The minimum Gasteiger partial charge on any atom is -0.467 e. The lowest BCUT2D eigenvalue weighted by Crippen LogP contribution is -2.55. The highest BCUT2D eigenvalue weighted by molar-refractivity contribution is 7.89. The third kappa shape index (κ3) is 3.31. The maximum atomic E-state index is 12.5. The number of sulfonamides is 1. The van der Waals surface area contributed by atoms with Gasteiger partial charge in [-0.05, 0) is 56.4 Å². The van der Waals surface area contributed by atoms with Crippen LogP contribution < -0.4 is 4.72 Å². The van der Waals surface area contributed by atoms with Gasteiger partial charge >= 0.3 is 5.97 Å². The number of carbonyl (C=O) groups is 1. The summed E-state index contributed by atoms with van der Waals surface area (Å²) in [6.45, 7) is 2.86. The second-order valence-corrected chi connectivity index (χ2v) is 7.72. The summed E-state index contributed by atoms with van der Waals surface area (Å²) in [6, 6.07) is 5.03. The molecule has 7 heteroatoms. The molecule has 0 amide bonds. The quantitative estimate of drug-likeness (QED) is 0.779. The number of nitrogens with one attached hydrogen (secondary N) is 1. The normalized spacial score (nSPS) is 16.2. The van der Waals surface area contributed by atoms with Crippen molar-refractivity contribution in [3.8, 4) is 0 Å². The highest BCUT2D eigenvalue weighted by atomic mass is 32.2. The summed E-state index contributed by atoms with van der Waals surface area (Å²) in [4.78, 5) is 11.6. The Morgan fingerprint density at radius 3 is 2.59 bits per heavy atom. The smallest absolute Gasteiger partial charge is 0.336 e. The second-order valence-electron chi connectivity index (χ2n) is 6.04. The number of benzene rings is 1. The van der Waals surface area contributed by atoms with Crippen molar-refractivity contribution in [3.63, 3.8) is 0 Å². The summed E-state index contributed by atoms with van der Waals surface area (Å²) in [7, 11) is -2.71. The molecule has 0 saturated heterocycles. The molecule has 0 fully saturated rings. The first-order valence-corrected chi connectivity index (χ1v) is 8.57. The summed E-state index contributed by atoms with van der Waals surface area (Å²) < 4.78 is 31.8. The number of carbonyl (C=O) groups excluding carboxylic acids is 1. The Morgan fingerprint density at radius 2 is 1.95 bits per heavy atom. The lowest BCUT2D eigenvalue weighted by molar-refractivity contribution is -0.153. The van der Waals surface area contributed by atoms with E-state index in [0.29, 0.717) is 0 Å². The molecule has 1 aliphatic rings. The van der Waals surface area contributed by atoms with Gasteiger partial charge in [0, 0.05) is 0 Å². The van der Waals surface area contributed by atoms with E-state index < -0.39 is 27.6 Å². The highest BCUT2D eigenvalue weighted by Gasteiger charge is 2.38. The number of aliphatic hydroxyl groups excluding tert-OH is 1. The van der Waals surface area contributed by atoms with E-state index in [1.54, 1.807) is 12.1 Å². The average Bonchev–Trinajstić information content (AvgIpc) is 2.91. The Kier molecular flexibility index (Phi) is 4.60. The number of methoxy groups -OCH3 is 1. The van der Waals surface area contributed by atoms with Crippen LogP contribution in [0.4, 0.5) is 0 Å². The third-order valence-corrected chi connectivity index (χ3v) is 5.56. The van der Waals surface area contributed by atoms with Crippen LogP contribution in [-0.2, 0) is 32.4 Å². The van der Waals surface area contributed by atoms with Crippen LogP contribution in [0.2, 0.25) is 0 Å². The maximum absolute atomic E-state index is 12.5. The summed E-state index contributed by atoms with van der Waals surface area (Å²) in [5, 5.41) is 9.91. The van der Waals surface area contributed by atoms with E-state index in [0.717, 1.165) is 31.9 Å². The fourth-order valence-corrected chi connectivity index (χ4v) is 4.05. The van der Waals surface area contributed by atoms with Gasteiger partial charge < -0.3 is 9.84 Å². The number of hydrogen-bond acceptors (Lipinski definition) is 5. The van der Waals surface area contributed by atoms with Gasteiger partial charge in [-0.15, -0.1) is 0 Å². The zero-order valence-electron chi connectivity index (χ0n) is 12.9. The van der Waals surface area contributed by atoms with Crippen LogP contribution in [0.25, 0.3) is 0 Å². The van der Waals surface area contributed by atoms with E-state index in [2.05, 4.69) is 9.46 Å². The molecular formula is C15H21NO5S. The minimum atomic E-state index is -3.84. The molecule has 0 heterocycles. The summed E-state index contributed by atoms with van der Waals surface area (Å²) in [5.74, 6) is -0.887.